The first-order chi connectivity index (χ1) is 19.2. The van der Waals surface area contributed by atoms with Crippen molar-refractivity contribution in [1.82, 2.24) is 19.9 Å². The van der Waals surface area contributed by atoms with Crippen LogP contribution in [0.15, 0.2) is 47.4 Å². The molecule has 2 aromatic heterocycles. The van der Waals surface area contributed by atoms with Crippen LogP contribution in [0.25, 0.3) is 11.0 Å². The quantitative estimate of drug-likeness (QED) is 0.430. The van der Waals surface area contributed by atoms with Gasteiger partial charge >= 0.3 is 6.09 Å². The third-order valence-corrected chi connectivity index (χ3v) is 8.24. The summed E-state index contributed by atoms with van der Waals surface area (Å²) in [6.07, 6.45) is 13.1. The molecule has 1 aromatic carbocycles. The monoisotopic (exact) mass is 541 g/mol. The van der Waals surface area contributed by atoms with Crippen molar-refractivity contribution in [3.8, 4) is 12.3 Å². The molecule has 2 atom stereocenters. The second kappa shape index (κ2) is 11.7. The van der Waals surface area contributed by atoms with Gasteiger partial charge in [0, 0.05) is 55.8 Å². The van der Waals surface area contributed by atoms with Gasteiger partial charge in [-0.2, -0.15) is 4.98 Å². The van der Waals surface area contributed by atoms with Crippen LogP contribution in [-0.4, -0.2) is 45.9 Å². The highest BCUT2D eigenvalue weighted by Crippen LogP contribution is 2.36. The van der Waals surface area contributed by atoms with E-state index in [1.165, 1.54) is 11.6 Å². The lowest BCUT2D eigenvalue weighted by molar-refractivity contribution is 0.0605. The Kier molecular flexibility index (Phi) is 8.11. The molecule has 5 rings (SSSR count). The number of fused-ring (bicyclic) bond motifs is 1. The minimum atomic E-state index is -0.383. The fourth-order valence-corrected chi connectivity index (χ4v) is 6.13. The fourth-order valence-electron chi connectivity index (χ4n) is 6.13. The minimum absolute atomic E-state index is 0.0308. The first-order valence-corrected chi connectivity index (χ1v) is 14.4. The van der Waals surface area contributed by atoms with E-state index in [4.69, 9.17) is 21.1 Å². The van der Waals surface area contributed by atoms with E-state index in [1.54, 1.807) is 6.20 Å². The zero-order valence-electron chi connectivity index (χ0n) is 23.7. The predicted molar refractivity (Wildman–Crippen MR) is 157 cm³/mol. The molecule has 1 aliphatic carbocycles. The number of pyridine rings is 1. The molecule has 2 aliphatic rings. The van der Waals surface area contributed by atoms with Gasteiger partial charge < -0.3 is 15.0 Å². The van der Waals surface area contributed by atoms with E-state index in [2.05, 4.69) is 36.9 Å². The van der Waals surface area contributed by atoms with Crippen molar-refractivity contribution in [3.05, 3.63) is 64.1 Å². The highest BCUT2D eigenvalue weighted by atomic mass is 16.6. The fraction of sp³-hybridized carbons (Fsp3) is 0.500. The Bertz CT molecular complexity index is 1450. The number of piperidine rings is 1. The van der Waals surface area contributed by atoms with Gasteiger partial charge in [0.2, 0.25) is 5.95 Å². The van der Waals surface area contributed by atoms with Gasteiger partial charge in [0.05, 0.1) is 5.39 Å². The zero-order valence-corrected chi connectivity index (χ0v) is 23.7. The van der Waals surface area contributed by atoms with E-state index >= 15 is 0 Å². The van der Waals surface area contributed by atoms with Gasteiger partial charge in [0.25, 0.3) is 5.56 Å². The van der Waals surface area contributed by atoms with Crippen molar-refractivity contribution in [2.45, 2.75) is 83.9 Å². The maximum atomic E-state index is 13.2. The number of terminal acetylenes is 1. The molecule has 0 radical (unpaired) electrons. The Morgan fingerprint density at radius 1 is 1.18 bits per heavy atom. The molecular formula is C32H39N5O3. The Morgan fingerprint density at radius 3 is 2.62 bits per heavy atom. The standard InChI is InChI=1S/C32H39N5O3/c1-5-23-19-28(38)37(24-13-9-10-14-24)29-26(23)21-34-30(35-29)36-18-16-25(20-27(36)32(2,3)4)40-31(39)33-17-15-22-11-7-6-8-12-22/h1,6-8,11-12,19,21,24-25,27H,9-10,13-18,20H2,2-4H3,(H,33,39). The van der Waals surface area contributed by atoms with Gasteiger partial charge in [-0.3, -0.25) is 9.36 Å². The van der Waals surface area contributed by atoms with Crippen LogP contribution in [-0.2, 0) is 11.2 Å². The third-order valence-electron chi connectivity index (χ3n) is 8.24. The van der Waals surface area contributed by atoms with Gasteiger partial charge in [-0.25, -0.2) is 9.78 Å². The lowest BCUT2D eigenvalue weighted by atomic mass is 9.80. The van der Waals surface area contributed by atoms with Gasteiger partial charge in [-0.15, -0.1) is 6.42 Å². The zero-order chi connectivity index (χ0) is 28.3. The van der Waals surface area contributed by atoms with Crippen LogP contribution in [0, 0.1) is 17.8 Å². The average Bonchev–Trinajstić information content (AvgIpc) is 3.47. The van der Waals surface area contributed by atoms with Gasteiger partial charge in [0.15, 0.2) is 0 Å². The van der Waals surface area contributed by atoms with E-state index in [-0.39, 0.29) is 35.3 Å². The summed E-state index contributed by atoms with van der Waals surface area (Å²) in [5.74, 6) is 3.23. The van der Waals surface area contributed by atoms with E-state index in [0.29, 0.717) is 43.1 Å². The minimum Gasteiger partial charge on any atom is -0.446 e. The van der Waals surface area contributed by atoms with E-state index < -0.39 is 0 Å². The molecule has 40 heavy (non-hydrogen) atoms. The maximum absolute atomic E-state index is 13.2. The molecule has 1 amide bonds. The van der Waals surface area contributed by atoms with E-state index in [0.717, 1.165) is 37.5 Å². The molecule has 3 aromatic rings. The lowest BCUT2D eigenvalue weighted by Crippen LogP contribution is -2.52. The van der Waals surface area contributed by atoms with Crippen LogP contribution >= 0.6 is 0 Å². The number of hydrogen-bond donors (Lipinski definition) is 1. The average molecular weight is 542 g/mol. The molecule has 3 heterocycles. The molecule has 1 aliphatic heterocycles. The Labute approximate surface area is 236 Å². The first kappa shape index (κ1) is 27.7. The van der Waals surface area contributed by atoms with Crippen molar-refractivity contribution in [2.24, 2.45) is 5.41 Å². The number of anilines is 1. The summed E-state index contributed by atoms with van der Waals surface area (Å²) < 4.78 is 7.69. The number of aromatic nitrogens is 3. The normalized spacial score (nSPS) is 19.9. The molecule has 1 saturated carbocycles. The van der Waals surface area contributed by atoms with Gasteiger partial charge in [-0.05, 0) is 30.2 Å². The van der Waals surface area contributed by atoms with E-state index in [9.17, 15) is 9.59 Å². The van der Waals surface area contributed by atoms with Crippen molar-refractivity contribution in [3.63, 3.8) is 0 Å². The molecule has 1 N–H and O–H groups in total. The van der Waals surface area contributed by atoms with Gasteiger partial charge in [-0.1, -0.05) is 69.9 Å². The number of nitrogens with zero attached hydrogens (tertiary/aromatic N) is 4. The van der Waals surface area contributed by atoms with Crippen LogP contribution in [0.5, 0.6) is 0 Å². The Balaban J connectivity index is 1.35. The molecule has 0 bridgehead atoms. The maximum Gasteiger partial charge on any atom is 0.407 e. The summed E-state index contributed by atoms with van der Waals surface area (Å²) >= 11 is 0. The molecular weight excluding hydrogens is 502 g/mol. The number of nitrogens with one attached hydrogen (secondary N) is 1. The molecule has 2 fully saturated rings. The summed E-state index contributed by atoms with van der Waals surface area (Å²) in [5.41, 5.74) is 2.08. The summed E-state index contributed by atoms with van der Waals surface area (Å²) in [6.45, 7) is 7.70. The summed E-state index contributed by atoms with van der Waals surface area (Å²) in [6, 6.07) is 11.8. The lowest BCUT2D eigenvalue weighted by Gasteiger charge is -2.45. The Morgan fingerprint density at radius 2 is 1.93 bits per heavy atom. The molecule has 210 valence electrons. The number of hydrogen-bond acceptors (Lipinski definition) is 6. The largest absolute Gasteiger partial charge is 0.446 e. The van der Waals surface area contributed by atoms with Crippen molar-refractivity contribution in [2.75, 3.05) is 18.0 Å². The van der Waals surface area contributed by atoms with Crippen LogP contribution in [0.3, 0.4) is 0 Å². The molecule has 1 saturated heterocycles. The highest BCUT2D eigenvalue weighted by Gasteiger charge is 2.39. The Hall–Kier alpha value is -3.86. The number of amides is 1. The smallest absolute Gasteiger partial charge is 0.407 e. The van der Waals surface area contributed by atoms with Crippen LogP contribution in [0.1, 0.15) is 76.5 Å². The van der Waals surface area contributed by atoms with Crippen molar-refractivity contribution in [1.29, 1.82) is 0 Å². The number of alkyl carbamates (subject to hydrolysis) is 1. The second-order valence-electron chi connectivity index (χ2n) is 12.0. The topological polar surface area (TPSA) is 89.4 Å². The number of carbonyl (C=O) groups is 1. The number of ether oxygens (including phenoxy) is 1. The first-order valence-electron chi connectivity index (χ1n) is 14.4. The van der Waals surface area contributed by atoms with Crippen LogP contribution < -0.4 is 15.8 Å². The van der Waals surface area contributed by atoms with E-state index in [1.807, 2.05) is 34.9 Å². The SMILES string of the molecule is C#Cc1cc(=O)n(C2CCCC2)c2nc(N3CCC(OC(=O)NCCc4ccccc4)CC3C(C)(C)C)ncc12. The van der Waals surface area contributed by atoms with Crippen LogP contribution in [0.4, 0.5) is 10.7 Å². The predicted octanol–water partition coefficient (Wildman–Crippen LogP) is 5.24. The summed E-state index contributed by atoms with van der Waals surface area (Å²) in [5, 5.41) is 3.63. The molecule has 8 nitrogen and oxygen atoms in total. The van der Waals surface area contributed by atoms with Crippen molar-refractivity contribution >= 4 is 23.1 Å². The van der Waals surface area contributed by atoms with Gasteiger partial charge in [0.1, 0.15) is 11.8 Å². The second-order valence-corrected chi connectivity index (χ2v) is 12.0. The number of carbonyl (C=O) groups excluding carboxylic acids is 1. The number of benzene rings is 1. The third kappa shape index (κ3) is 5.99. The summed E-state index contributed by atoms with van der Waals surface area (Å²) in [7, 11) is 0. The van der Waals surface area contributed by atoms with Crippen LogP contribution in [0.2, 0.25) is 0 Å². The number of rotatable bonds is 6. The molecule has 2 unspecified atom stereocenters. The highest BCUT2D eigenvalue weighted by molar-refractivity contribution is 5.82. The van der Waals surface area contributed by atoms with Crippen molar-refractivity contribution < 1.29 is 9.53 Å². The molecule has 0 spiro atoms. The molecule has 8 heteroatoms. The summed E-state index contributed by atoms with van der Waals surface area (Å²) in [4.78, 5) is 37.7.